The van der Waals surface area contributed by atoms with E-state index in [1.54, 1.807) is 6.92 Å². The van der Waals surface area contributed by atoms with Gasteiger partial charge in [-0.1, -0.05) is 27.7 Å². The molecule has 0 saturated carbocycles. The summed E-state index contributed by atoms with van der Waals surface area (Å²) in [7, 11) is 0. The summed E-state index contributed by atoms with van der Waals surface area (Å²) >= 11 is 0. The molecule has 1 N–H and O–H groups in total. The molecule has 4 heteroatoms. The molecule has 1 atom stereocenters. The second-order valence-corrected chi connectivity index (χ2v) is 3.50. The Morgan fingerprint density at radius 2 is 1.50 bits per heavy atom. The van der Waals surface area contributed by atoms with E-state index < -0.39 is 0 Å². The van der Waals surface area contributed by atoms with Crippen LogP contribution in [-0.4, -0.2) is 17.7 Å². The van der Waals surface area contributed by atoms with E-state index in [2.05, 4.69) is 5.32 Å². The molecule has 3 nitrogen and oxygen atoms in total. The summed E-state index contributed by atoms with van der Waals surface area (Å²) in [5.41, 5.74) is 0. The standard InChI is InChI=1S/C9H17NO2.C2H6.CH3.Es/c1-6(2)5-9(12)10-7(3)8(4)11;1-2;;/h6-7H,5H2,1-4H3,(H,10,12);1-2H3;1H3;/q;;-1;. The van der Waals surface area contributed by atoms with Crippen molar-refractivity contribution in [3.05, 3.63) is 7.43 Å². The molecule has 0 saturated heterocycles. The number of rotatable bonds is 4. The summed E-state index contributed by atoms with van der Waals surface area (Å²) in [6, 6.07) is -0.351. The molecule has 1 unspecified atom stereocenters. The monoisotopic (exact) mass is 468 g/mol. The van der Waals surface area contributed by atoms with Crippen molar-refractivity contribution in [2.24, 2.45) is 5.92 Å². The van der Waals surface area contributed by atoms with E-state index in [0.29, 0.717) is 12.3 Å². The van der Waals surface area contributed by atoms with E-state index in [0.717, 1.165) is 0 Å². The van der Waals surface area contributed by atoms with Gasteiger partial charge in [0.15, 0.2) is 5.78 Å². The minimum Gasteiger partial charge on any atom is -0.358 e. The molecular formula is C12H26EsNO2-. The largest absolute Gasteiger partial charge is 0.358 e. The summed E-state index contributed by atoms with van der Waals surface area (Å²) in [6.07, 6.45) is 0.484. The first-order valence-electron chi connectivity index (χ1n) is 5.23. The zero-order chi connectivity index (χ0) is 11.7. The fraction of sp³-hybridized carbons (Fsp3) is 0.750. The Morgan fingerprint density at radius 3 is 1.75 bits per heavy atom. The smallest absolute Gasteiger partial charge is 0.220 e. The van der Waals surface area contributed by atoms with Crippen LogP contribution in [0.1, 0.15) is 48.0 Å². The second kappa shape index (κ2) is 13.1. The molecule has 0 heterocycles. The Bertz CT molecular complexity index is 182. The minimum absolute atomic E-state index is 0. The van der Waals surface area contributed by atoms with Crippen LogP contribution in [0.4, 0.5) is 0 Å². The maximum atomic E-state index is 11.1. The molecule has 0 aliphatic heterocycles. The van der Waals surface area contributed by atoms with Gasteiger partial charge in [0.2, 0.25) is 5.91 Å². The third-order valence-corrected chi connectivity index (χ3v) is 1.58. The summed E-state index contributed by atoms with van der Waals surface area (Å²) in [4.78, 5) is 21.9. The fourth-order valence-electron chi connectivity index (χ4n) is 0.773. The van der Waals surface area contributed by atoms with Gasteiger partial charge in [-0.05, 0) is 19.8 Å². The van der Waals surface area contributed by atoms with Gasteiger partial charge >= 0.3 is 0 Å². The molecule has 0 aromatic heterocycles. The van der Waals surface area contributed by atoms with Gasteiger partial charge in [-0.2, -0.15) is 0 Å². The molecule has 0 fully saturated rings. The van der Waals surface area contributed by atoms with Gasteiger partial charge in [-0.3, -0.25) is 9.59 Å². The Kier molecular flexibility index (Phi) is 19.5. The van der Waals surface area contributed by atoms with Crippen molar-refractivity contribution in [1.82, 2.24) is 5.32 Å². The van der Waals surface area contributed by atoms with Crippen molar-refractivity contribution in [2.45, 2.75) is 54.0 Å². The molecule has 0 bridgehead atoms. The van der Waals surface area contributed by atoms with E-state index >= 15 is 0 Å². The average molecular weight is 468 g/mol. The first kappa shape index (κ1) is 23.7. The van der Waals surface area contributed by atoms with Crippen molar-refractivity contribution < 1.29 is 9.59 Å². The predicted molar refractivity (Wildman–Crippen MR) is 65.5 cm³/mol. The van der Waals surface area contributed by atoms with Gasteiger partial charge in [0.25, 0.3) is 0 Å². The number of carbonyl (C=O) groups is 2. The predicted octanol–water partition coefficient (Wildman–Crippen LogP) is 2.60. The van der Waals surface area contributed by atoms with Gasteiger partial charge in [0, 0.05) is 6.42 Å². The Labute approximate surface area is 94.6 Å². The topological polar surface area (TPSA) is 46.2 Å². The van der Waals surface area contributed by atoms with Crippen LogP contribution in [0, 0.1) is 13.3 Å². The summed E-state index contributed by atoms with van der Waals surface area (Å²) in [6.45, 7) is 11.1. The molecule has 103 valence electrons. The van der Waals surface area contributed by atoms with Crippen LogP contribution in [-0.2, 0) is 9.59 Å². The average Bonchev–Trinajstić information content (AvgIpc) is 2.05. The van der Waals surface area contributed by atoms with E-state index in [-0.39, 0.29) is 25.2 Å². The summed E-state index contributed by atoms with van der Waals surface area (Å²) in [5, 5.41) is 2.62. The van der Waals surface area contributed by atoms with Gasteiger partial charge < -0.3 is 12.7 Å². The van der Waals surface area contributed by atoms with Crippen LogP contribution >= 0.6 is 0 Å². The van der Waals surface area contributed by atoms with Crippen molar-refractivity contribution in [3.8, 4) is 0 Å². The van der Waals surface area contributed by atoms with Crippen LogP contribution in [0.2, 0.25) is 0 Å². The number of carbonyl (C=O) groups excluding carboxylic acids is 2. The van der Waals surface area contributed by atoms with Gasteiger partial charge in [-0.25, -0.2) is 0 Å². The number of hydrogen-bond donors (Lipinski definition) is 1. The fourth-order valence-corrected chi connectivity index (χ4v) is 0.773. The number of ketones is 1. The third-order valence-electron chi connectivity index (χ3n) is 1.58. The third kappa shape index (κ3) is 14.7. The molecule has 0 spiro atoms. The molecule has 0 aliphatic carbocycles. The van der Waals surface area contributed by atoms with Crippen molar-refractivity contribution in [1.29, 1.82) is 0 Å². The molecule has 0 aromatic rings. The normalized spacial score (nSPS) is 9.94. The first-order chi connectivity index (χ1) is 6.43. The minimum atomic E-state index is -0.351. The second-order valence-electron chi connectivity index (χ2n) is 3.50. The van der Waals surface area contributed by atoms with Gasteiger partial charge in [0.05, 0.1) is 6.04 Å². The number of amides is 1. The van der Waals surface area contributed by atoms with E-state index in [1.807, 2.05) is 27.7 Å². The van der Waals surface area contributed by atoms with Crippen LogP contribution in [0.5, 0.6) is 0 Å². The van der Waals surface area contributed by atoms with Crippen molar-refractivity contribution in [2.75, 3.05) is 0 Å². The maximum absolute atomic E-state index is 11.1. The molecule has 1 amide bonds. The van der Waals surface area contributed by atoms with Gasteiger partial charge in [0.1, 0.15) is 0 Å². The van der Waals surface area contributed by atoms with Crippen LogP contribution < -0.4 is 5.32 Å². The zero-order valence-electron chi connectivity index (χ0n) is 11.5. The van der Waals surface area contributed by atoms with Crippen molar-refractivity contribution in [3.63, 3.8) is 0 Å². The molecule has 1 radical (unpaired) electrons. The van der Waals surface area contributed by atoms with Crippen LogP contribution in [0.3, 0.4) is 0 Å². The summed E-state index contributed by atoms with van der Waals surface area (Å²) in [5.74, 6) is 0.281. The van der Waals surface area contributed by atoms with Crippen LogP contribution in [0.15, 0.2) is 0 Å². The zero-order valence-corrected chi connectivity index (χ0v) is 14.0. The van der Waals surface area contributed by atoms with Crippen molar-refractivity contribution >= 4 is 11.7 Å². The first-order valence-corrected chi connectivity index (χ1v) is 5.23. The van der Waals surface area contributed by atoms with E-state index in [4.69, 9.17) is 0 Å². The Hall–Kier alpha value is -1.86. The Balaban J connectivity index is -0.000000169. The van der Waals surface area contributed by atoms with Gasteiger partial charge in [-0.15, -0.1) is 0 Å². The maximum Gasteiger partial charge on any atom is 0.220 e. The molecule has 16 heavy (non-hydrogen) atoms. The van der Waals surface area contributed by atoms with Crippen LogP contribution in [0.25, 0.3) is 0 Å². The molecular weight excluding hydrogens is 442 g/mol. The SMILES string of the molecule is CC.CC(=O)C(C)NC(=O)CC(C)C.[CH3-].[Es]. The number of nitrogens with one attached hydrogen (secondary N) is 1. The Morgan fingerprint density at radius 1 is 1.12 bits per heavy atom. The molecule has 0 rings (SSSR count). The number of Topliss-reactive ketones (excluding diaryl/α,β-unsaturated/α-hetero) is 1. The van der Waals surface area contributed by atoms with E-state index in [1.165, 1.54) is 6.92 Å². The molecule has 0 aliphatic rings. The van der Waals surface area contributed by atoms with E-state index in [9.17, 15) is 9.59 Å². The quantitative estimate of drug-likeness (QED) is 0.645. The molecule has 0 aromatic carbocycles. The number of hydrogen-bond acceptors (Lipinski definition) is 2. The summed E-state index contributed by atoms with van der Waals surface area (Å²) < 4.78 is 0.